The van der Waals surface area contributed by atoms with Crippen molar-refractivity contribution in [2.75, 3.05) is 0 Å². The van der Waals surface area contributed by atoms with Gasteiger partial charge in [-0.15, -0.1) is 0 Å². The molecule has 0 bridgehead atoms. The van der Waals surface area contributed by atoms with Gasteiger partial charge in [0.1, 0.15) is 17.8 Å². The maximum atomic E-state index is 11.0. The highest BCUT2D eigenvalue weighted by Crippen LogP contribution is 2.44. The van der Waals surface area contributed by atoms with Crippen LogP contribution >= 0.6 is 0 Å². The van der Waals surface area contributed by atoms with Gasteiger partial charge in [-0.05, 0) is 51.9 Å². The molecule has 26 heavy (non-hydrogen) atoms. The minimum absolute atomic E-state index is 0.136. The minimum Gasteiger partial charge on any atom is -0.507 e. The second-order valence-electron chi connectivity index (χ2n) is 6.56. The number of aldehydes is 1. The molecule has 5 aromatic carbocycles. The molecule has 0 aliphatic heterocycles. The van der Waals surface area contributed by atoms with Gasteiger partial charge in [-0.1, -0.05) is 36.4 Å². The largest absolute Gasteiger partial charge is 0.507 e. The molecule has 0 aliphatic carbocycles. The number of aromatic hydroxyl groups is 2. The molecule has 5 aromatic rings. The van der Waals surface area contributed by atoms with E-state index in [9.17, 15) is 15.0 Å². The highest BCUT2D eigenvalue weighted by Gasteiger charge is 2.15. The Bertz CT molecular complexity index is 1370. The lowest BCUT2D eigenvalue weighted by Gasteiger charge is -2.12. The predicted octanol–water partition coefficient (Wildman–Crippen LogP) is 5.52. The van der Waals surface area contributed by atoms with Gasteiger partial charge in [0.15, 0.2) is 0 Å². The van der Waals surface area contributed by atoms with E-state index < -0.39 is 0 Å². The van der Waals surface area contributed by atoms with Crippen LogP contribution in [0.4, 0.5) is 0 Å². The Kier molecular flexibility index (Phi) is 2.95. The van der Waals surface area contributed by atoms with E-state index in [1.807, 2.05) is 54.6 Å². The molecule has 5 rings (SSSR count). The molecule has 0 heterocycles. The minimum atomic E-state index is 0.136. The van der Waals surface area contributed by atoms with Gasteiger partial charge in [-0.2, -0.15) is 0 Å². The Hall–Kier alpha value is -3.59. The van der Waals surface area contributed by atoms with Gasteiger partial charge < -0.3 is 10.2 Å². The SMILES string of the molecule is O=Cc1ccc2cc3c(O)c4cc5ccccc5cc4c(O)c3cc2c1. The lowest BCUT2D eigenvalue weighted by Crippen LogP contribution is -1.85. The van der Waals surface area contributed by atoms with Crippen LogP contribution in [-0.2, 0) is 0 Å². The van der Waals surface area contributed by atoms with Gasteiger partial charge in [0.05, 0.1) is 0 Å². The molecule has 3 heteroatoms. The summed E-state index contributed by atoms with van der Waals surface area (Å²) in [5.41, 5.74) is 0.576. The first-order valence-electron chi connectivity index (χ1n) is 8.35. The fourth-order valence-corrected chi connectivity index (χ4v) is 3.70. The first-order chi connectivity index (χ1) is 12.7. The van der Waals surface area contributed by atoms with Crippen molar-refractivity contribution in [1.82, 2.24) is 0 Å². The lowest BCUT2D eigenvalue weighted by atomic mass is 9.95. The van der Waals surface area contributed by atoms with E-state index in [4.69, 9.17) is 0 Å². The summed E-state index contributed by atoms with van der Waals surface area (Å²) >= 11 is 0. The summed E-state index contributed by atoms with van der Waals surface area (Å²) in [6.45, 7) is 0. The normalized spacial score (nSPS) is 11.5. The number of carbonyl (C=O) groups is 1. The monoisotopic (exact) mass is 338 g/mol. The molecule has 3 nitrogen and oxygen atoms in total. The molecule has 0 saturated carbocycles. The van der Waals surface area contributed by atoms with Crippen LogP contribution in [0.1, 0.15) is 10.4 Å². The molecule has 0 radical (unpaired) electrons. The molecule has 0 atom stereocenters. The molecular weight excluding hydrogens is 324 g/mol. The molecule has 0 aliphatic rings. The Morgan fingerprint density at radius 1 is 0.577 bits per heavy atom. The highest BCUT2D eigenvalue weighted by atomic mass is 16.3. The molecule has 0 fully saturated rings. The van der Waals surface area contributed by atoms with Gasteiger partial charge in [0, 0.05) is 27.1 Å². The number of phenols is 2. The summed E-state index contributed by atoms with van der Waals surface area (Å²) in [5, 5.41) is 27.9. The summed E-state index contributed by atoms with van der Waals surface area (Å²) in [7, 11) is 0. The number of benzene rings is 5. The van der Waals surface area contributed by atoms with Crippen molar-refractivity contribution in [2.45, 2.75) is 0 Å². The summed E-state index contributed by atoms with van der Waals surface area (Å²) in [4.78, 5) is 11.0. The average Bonchev–Trinajstić information content (AvgIpc) is 2.69. The van der Waals surface area contributed by atoms with E-state index in [0.717, 1.165) is 27.8 Å². The third-order valence-electron chi connectivity index (χ3n) is 5.04. The highest BCUT2D eigenvalue weighted by molar-refractivity contribution is 6.16. The van der Waals surface area contributed by atoms with Crippen molar-refractivity contribution in [2.24, 2.45) is 0 Å². The van der Waals surface area contributed by atoms with Crippen molar-refractivity contribution < 1.29 is 15.0 Å². The number of hydrogen-bond donors (Lipinski definition) is 2. The van der Waals surface area contributed by atoms with Crippen molar-refractivity contribution in [1.29, 1.82) is 0 Å². The number of carbonyl (C=O) groups excluding carboxylic acids is 1. The summed E-state index contributed by atoms with van der Waals surface area (Å²) in [6.07, 6.45) is 0.799. The second kappa shape index (κ2) is 5.20. The molecule has 0 aromatic heterocycles. The van der Waals surface area contributed by atoms with Gasteiger partial charge in [0.25, 0.3) is 0 Å². The standard InChI is InChI=1S/C23H14O3/c24-12-13-5-6-16-10-20-21(11-17(16)7-13)23(26)19-9-15-4-2-1-3-14(15)8-18(19)22(20)25/h1-12,25-26H. The molecule has 0 saturated heterocycles. The molecule has 0 amide bonds. The second-order valence-corrected chi connectivity index (χ2v) is 6.56. The topological polar surface area (TPSA) is 57.5 Å². The maximum absolute atomic E-state index is 11.0. The quantitative estimate of drug-likeness (QED) is 0.240. The number of fused-ring (bicyclic) bond motifs is 4. The van der Waals surface area contributed by atoms with Gasteiger partial charge in [-0.25, -0.2) is 0 Å². The van der Waals surface area contributed by atoms with Crippen LogP contribution in [0.15, 0.2) is 66.7 Å². The van der Waals surface area contributed by atoms with Crippen molar-refractivity contribution in [3.8, 4) is 11.5 Å². The first kappa shape index (κ1) is 14.7. The molecule has 2 N–H and O–H groups in total. The molecular formula is C23H14O3. The first-order valence-corrected chi connectivity index (χ1v) is 8.35. The van der Waals surface area contributed by atoms with Crippen LogP contribution in [0.3, 0.4) is 0 Å². The zero-order valence-electron chi connectivity index (χ0n) is 13.7. The van der Waals surface area contributed by atoms with Crippen LogP contribution in [0.25, 0.3) is 43.1 Å². The Morgan fingerprint density at radius 2 is 1.04 bits per heavy atom. The van der Waals surface area contributed by atoms with E-state index in [1.165, 1.54) is 0 Å². The van der Waals surface area contributed by atoms with E-state index in [0.29, 0.717) is 27.1 Å². The summed E-state index contributed by atoms with van der Waals surface area (Å²) in [5.74, 6) is 0.289. The number of rotatable bonds is 1. The van der Waals surface area contributed by atoms with Crippen LogP contribution in [-0.4, -0.2) is 16.5 Å². The smallest absolute Gasteiger partial charge is 0.150 e. The van der Waals surface area contributed by atoms with E-state index in [1.54, 1.807) is 12.1 Å². The third-order valence-corrected chi connectivity index (χ3v) is 5.04. The summed E-state index contributed by atoms with van der Waals surface area (Å²) in [6, 6.07) is 20.7. The van der Waals surface area contributed by atoms with Crippen LogP contribution in [0.2, 0.25) is 0 Å². The predicted molar refractivity (Wildman–Crippen MR) is 105 cm³/mol. The third kappa shape index (κ3) is 1.97. The summed E-state index contributed by atoms with van der Waals surface area (Å²) < 4.78 is 0. The number of phenolic OH excluding ortho intramolecular Hbond substituents is 2. The zero-order chi connectivity index (χ0) is 17.8. The van der Waals surface area contributed by atoms with E-state index in [-0.39, 0.29) is 11.5 Å². The van der Waals surface area contributed by atoms with E-state index >= 15 is 0 Å². The Morgan fingerprint density at radius 3 is 1.54 bits per heavy atom. The van der Waals surface area contributed by atoms with Crippen molar-refractivity contribution in [3.05, 3.63) is 72.3 Å². The lowest BCUT2D eigenvalue weighted by molar-refractivity contribution is 0.112. The Labute approximate surface area is 148 Å². The zero-order valence-corrected chi connectivity index (χ0v) is 13.7. The van der Waals surface area contributed by atoms with E-state index in [2.05, 4.69) is 0 Å². The van der Waals surface area contributed by atoms with Crippen molar-refractivity contribution in [3.63, 3.8) is 0 Å². The van der Waals surface area contributed by atoms with Crippen LogP contribution in [0, 0.1) is 0 Å². The van der Waals surface area contributed by atoms with Gasteiger partial charge >= 0.3 is 0 Å². The average molecular weight is 338 g/mol. The molecule has 0 unspecified atom stereocenters. The van der Waals surface area contributed by atoms with Crippen LogP contribution in [0.5, 0.6) is 11.5 Å². The van der Waals surface area contributed by atoms with Crippen LogP contribution < -0.4 is 0 Å². The molecule has 0 spiro atoms. The fourth-order valence-electron chi connectivity index (χ4n) is 3.70. The van der Waals surface area contributed by atoms with Gasteiger partial charge in [-0.3, -0.25) is 4.79 Å². The van der Waals surface area contributed by atoms with Crippen molar-refractivity contribution >= 4 is 49.4 Å². The fraction of sp³-hybridized carbons (Fsp3) is 0. The maximum Gasteiger partial charge on any atom is 0.150 e. The number of hydrogen-bond acceptors (Lipinski definition) is 3. The van der Waals surface area contributed by atoms with Gasteiger partial charge in [0.2, 0.25) is 0 Å². The Balaban J connectivity index is 1.98. The molecule has 124 valence electrons.